The van der Waals surface area contributed by atoms with E-state index in [2.05, 4.69) is 0 Å². The van der Waals surface area contributed by atoms with Gasteiger partial charge in [0.15, 0.2) is 5.78 Å². The molecule has 0 atom stereocenters. The van der Waals surface area contributed by atoms with Crippen LogP contribution in [0.1, 0.15) is 21.5 Å². The van der Waals surface area contributed by atoms with E-state index in [-0.39, 0.29) is 5.78 Å². The van der Waals surface area contributed by atoms with Crippen LogP contribution in [0.25, 0.3) is 0 Å². The van der Waals surface area contributed by atoms with E-state index in [1.54, 1.807) is 24.3 Å². The highest BCUT2D eigenvalue weighted by Gasteiger charge is 2.14. The number of ketones is 1. The molecule has 0 bridgehead atoms. The molecule has 0 aliphatic heterocycles. The van der Waals surface area contributed by atoms with Crippen LogP contribution >= 0.6 is 0 Å². The first kappa shape index (κ1) is 11.2. The molecule has 0 radical (unpaired) electrons. The molecule has 2 aromatic rings. The Morgan fingerprint density at radius 3 is 2.29 bits per heavy atom. The number of carbonyl (C=O) groups excluding carboxylic acids is 1. The maximum absolute atomic E-state index is 12.3. The molecular formula is C14H14N2O. The monoisotopic (exact) mass is 226 g/mol. The van der Waals surface area contributed by atoms with Crippen LogP contribution in [-0.2, 0) is 0 Å². The van der Waals surface area contributed by atoms with Crippen LogP contribution in [0.5, 0.6) is 0 Å². The van der Waals surface area contributed by atoms with Gasteiger partial charge >= 0.3 is 0 Å². The third kappa shape index (κ3) is 1.99. The summed E-state index contributed by atoms with van der Waals surface area (Å²) in [4.78, 5) is 12.3. The predicted molar refractivity (Wildman–Crippen MR) is 69.9 cm³/mol. The zero-order valence-corrected chi connectivity index (χ0v) is 9.60. The zero-order chi connectivity index (χ0) is 12.4. The van der Waals surface area contributed by atoms with Gasteiger partial charge < -0.3 is 11.5 Å². The first-order valence-electron chi connectivity index (χ1n) is 5.35. The minimum absolute atomic E-state index is 0.0899. The van der Waals surface area contributed by atoms with Crippen molar-refractivity contribution in [3.63, 3.8) is 0 Å². The van der Waals surface area contributed by atoms with E-state index in [1.165, 1.54) is 0 Å². The summed E-state index contributed by atoms with van der Waals surface area (Å²) in [5, 5.41) is 0. The lowest BCUT2D eigenvalue weighted by atomic mass is 9.97. The summed E-state index contributed by atoms with van der Waals surface area (Å²) in [5.74, 6) is -0.0899. The average Bonchev–Trinajstić information content (AvgIpc) is 2.32. The predicted octanol–water partition coefficient (Wildman–Crippen LogP) is 2.39. The Balaban J connectivity index is 2.52. The molecule has 0 aromatic heterocycles. The lowest BCUT2D eigenvalue weighted by molar-refractivity contribution is 0.103. The number of benzene rings is 2. The van der Waals surface area contributed by atoms with E-state index in [0.29, 0.717) is 22.5 Å². The van der Waals surface area contributed by atoms with Crippen molar-refractivity contribution in [1.82, 2.24) is 0 Å². The third-order valence-electron chi connectivity index (χ3n) is 2.77. The van der Waals surface area contributed by atoms with Crippen LogP contribution < -0.4 is 11.5 Å². The molecule has 3 heteroatoms. The average molecular weight is 226 g/mol. The Morgan fingerprint density at radius 2 is 1.59 bits per heavy atom. The molecule has 0 aliphatic rings. The quantitative estimate of drug-likeness (QED) is 0.610. The number of hydrogen-bond acceptors (Lipinski definition) is 3. The van der Waals surface area contributed by atoms with Gasteiger partial charge in [0.25, 0.3) is 0 Å². The van der Waals surface area contributed by atoms with E-state index in [0.717, 1.165) is 5.56 Å². The van der Waals surface area contributed by atoms with Gasteiger partial charge in [0.1, 0.15) is 0 Å². The smallest absolute Gasteiger partial charge is 0.195 e. The number of para-hydroxylation sites is 1. The first-order valence-corrected chi connectivity index (χ1v) is 5.35. The maximum Gasteiger partial charge on any atom is 0.195 e. The number of nitrogens with two attached hydrogens (primary N) is 2. The Labute approximate surface area is 100 Å². The van der Waals surface area contributed by atoms with Crippen LogP contribution in [-0.4, -0.2) is 5.78 Å². The minimum atomic E-state index is -0.0899. The van der Waals surface area contributed by atoms with E-state index in [1.807, 2.05) is 25.1 Å². The molecule has 86 valence electrons. The van der Waals surface area contributed by atoms with Crippen LogP contribution in [0.15, 0.2) is 42.5 Å². The van der Waals surface area contributed by atoms with Gasteiger partial charge in [-0.05, 0) is 24.6 Å². The van der Waals surface area contributed by atoms with Crippen LogP contribution in [0, 0.1) is 6.92 Å². The summed E-state index contributed by atoms with van der Waals surface area (Å²) in [7, 11) is 0. The van der Waals surface area contributed by atoms with Gasteiger partial charge in [-0.2, -0.15) is 0 Å². The molecule has 17 heavy (non-hydrogen) atoms. The van der Waals surface area contributed by atoms with Crippen molar-refractivity contribution < 1.29 is 4.79 Å². The minimum Gasteiger partial charge on any atom is -0.397 e. The molecule has 0 aliphatic carbocycles. The summed E-state index contributed by atoms with van der Waals surface area (Å²) in [6, 6.07) is 12.5. The Hall–Kier alpha value is -2.29. The lowest BCUT2D eigenvalue weighted by Crippen LogP contribution is -2.08. The molecule has 0 heterocycles. The highest BCUT2D eigenvalue weighted by molar-refractivity contribution is 6.14. The second kappa shape index (κ2) is 4.29. The van der Waals surface area contributed by atoms with E-state index in [4.69, 9.17) is 11.5 Å². The van der Waals surface area contributed by atoms with Crippen molar-refractivity contribution in [2.24, 2.45) is 0 Å². The van der Waals surface area contributed by atoms with Gasteiger partial charge in [-0.15, -0.1) is 0 Å². The van der Waals surface area contributed by atoms with Crippen molar-refractivity contribution >= 4 is 17.2 Å². The fourth-order valence-electron chi connectivity index (χ4n) is 1.75. The van der Waals surface area contributed by atoms with Crippen LogP contribution in [0.2, 0.25) is 0 Å². The number of aryl methyl sites for hydroxylation is 1. The van der Waals surface area contributed by atoms with E-state index < -0.39 is 0 Å². The Morgan fingerprint density at radius 1 is 0.941 bits per heavy atom. The molecule has 2 rings (SSSR count). The molecule has 0 amide bonds. The molecule has 0 saturated carbocycles. The molecule has 4 N–H and O–H groups in total. The van der Waals surface area contributed by atoms with Gasteiger partial charge in [-0.1, -0.05) is 30.3 Å². The van der Waals surface area contributed by atoms with Crippen LogP contribution in [0.4, 0.5) is 11.4 Å². The number of anilines is 2. The number of rotatable bonds is 2. The summed E-state index contributed by atoms with van der Waals surface area (Å²) in [6.45, 7) is 1.90. The number of hydrogen-bond donors (Lipinski definition) is 2. The zero-order valence-electron chi connectivity index (χ0n) is 9.60. The molecule has 0 unspecified atom stereocenters. The van der Waals surface area contributed by atoms with Crippen molar-refractivity contribution in [3.8, 4) is 0 Å². The van der Waals surface area contributed by atoms with Crippen molar-refractivity contribution in [3.05, 3.63) is 59.2 Å². The van der Waals surface area contributed by atoms with Crippen LogP contribution in [0.3, 0.4) is 0 Å². The second-order valence-corrected chi connectivity index (χ2v) is 3.95. The largest absolute Gasteiger partial charge is 0.397 e. The second-order valence-electron chi connectivity index (χ2n) is 3.95. The molecule has 3 nitrogen and oxygen atoms in total. The molecule has 0 fully saturated rings. The summed E-state index contributed by atoms with van der Waals surface area (Å²) in [5.41, 5.74) is 14.3. The normalized spacial score (nSPS) is 10.2. The number of nitrogen functional groups attached to an aromatic ring is 2. The number of carbonyl (C=O) groups is 1. The first-order chi connectivity index (χ1) is 8.11. The van der Waals surface area contributed by atoms with Gasteiger partial charge in [-0.3, -0.25) is 4.79 Å². The third-order valence-corrected chi connectivity index (χ3v) is 2.77. The summed E-state index contributed by atoms with van der Waals surface area (Å²) < 4.78 is 0. The van der Waals surface area contributed by atoms with Gasteiger partial charge in [0.2, 0.25) is 0 Å². The standard InChI is InChI=1S/C14H14N2O/c1-9-5-2-3-6-10(9)14(17)11-7-4-8-12(15)13(11)16/h2-8H,15-16H2,1H3. The van der Waals surface area contributed by atoms with E-state index >= 15 is 0 Å². The molecule has 0 saturated heterocycles. The van der Waals surface area contributed by atoms with Crippen molar-refractivity contribution in [2.45, 2.75) is 6.92 Å². The highest BCUT2D eigenvalue weighted by atomic mass is 16.1. The SMILES string of the molecule is Cc1ccccc1C(=O)c1cccc(N)c1N. The van der Waals surface area contributed by atoms with E-state index in [9.17, 15) is 4.79 Å². The van der Waals surface area contributed by atoms with Gasteiger partial charge in [-0.25, -0.2) is 0 Å². The molecular weight excluding hydrogens is 212 g/mol. The van der Waals surface area contributed by atoms with Crippen molar-refractivity contribution in [2.75, 3.05) is 11.5 Å². The molecule has 2 aromatic carbocycles. The lowest BCUT2D eigenvalue weighted by Gasteiger charge is -2.08. The fraction of sp³-hybridized carbons (Fsp3) is 0.0714. The summed E-state index contributed by atoms with van der Waals surface area (Å²) in [6.07, 6.45) is 0. The highest BCUT2D eigenvalue weighted by Crippen LogP contribution is 2.23. The maximum atomic E-state index is 12.3. The fourth-order valence-corrected chi connectivity index (χ4v) is 1.75. The molecule has 0 spiro atoms. The summed E-state index contributed by atoms with van der Waals surface area (Å²) >= 11 is 0. The Kier molecular flexibility index (Phi) is 2.83. The van der Waals surface area contributed by atoms with Gasteiger partial charge in [0.05, 0.1) is 11.4 Å². The topological polar surface area (TPSA) is 69.1 Å². The van der Waals surface area contributed by atoms with Gasteiger partial charge in [0, 0.05) is 11.1 Å². The van der Waals surface area contributed by atoms with Crippen molar-refractivity contribution in [1.29, 1.82) is 0 Å². The Bertz CT molecular complexity index is 576.